The van der Waals surface area contributed by atoms with Crippen LogP contribution in [0.4, 0.5) is 4.39 Å². The van der Waals surface area contributed by atoms with Crippen molar-refractivity contribution in [1.29, 1.82) is 0 Å². The highest BCUT2D eigenvalue weighted by molar-refractivity contribution is 5.32. The van der Waals surface area contributed by atoms with E-state index in [0.29, 0.717) is 12.4 Å². The molecule has 1 aromatic carbocycles. The molecule has 0 aliphatic heterocycles. The molecular formula is C16H26FNO2. The van der Waals surface area contributed by atoms with E-state index in [1.165, 1.54) is 12.1 Å². The van der Waals surface area contributed by atoms with E-state index in [4.69, 9.17) is 4.74 Å². The first-order chi connectivity index (χ1) is 9.50. The number of hydrogen-bond acceptors (Lipinski definition) is 3. The number of aliphatic hydroxyl groups is 1. The zero-order valence-corrected chi connectivity index (χ0v) is 12.7. The van der Waals surface area contributed by atoms with Crippen LogP contribution in [0, 0.1) is 12.7 Å². The minimum Gasteiger partial charge on any atom is -0.493 e. The summed E-state index contributed by atoms with van der Waals surface area (Å²) in [6.07, 6.45) is 2.73. The third-order valence-corrected chi connectivity index (χ3v) is 3.48. The van der Waals surface area contributed by atoms with Crippen molar-refractivity contribution < 1.29 is 14.2 Å². The molecule has 1 aromatic rings. The summed E-state index contributed by atoms with van der Waals surface area (Å²) >= 11 is 0. The molecule has 3 nitrogen and oxygen atoms in total. The fraction of sp³-hybridized carbons (Fsp3) is 0.625. The molecule has 4 heteroatoms. The van der Waals surface area contributed by atoms with E-state index in [9.17, 15) is 9.50 Å². The first kappa shape index (κ1) is 16.9. The summed E-state index contributed by atoms with van der Waals surface area (Å²) in [6, 6.07) is 4.58. The van der Waals surface area contributed by atoms with Gasteiger partial charge in [0.25, 0.3) is 0 Å². The van der Waals surface area contributed by atoms with Crippen LogP contribution >= 0.6 is 0 Å². The molecule has 114 valence electrons. The zero-order valence-electron chi connectivity index (χ0n) is 12.7. The van der Waals surface area contributed by atoms with E-state index >= 15 is 0 Å². The molecule has 0 aromatic heterocycles. The molecule has 0 fully saturated rings. The number of hydrogen-bond donors (Lipinski definition) is 2. The Balaban J connectivity index is 2.30. The lowest BCUT2D eigenvalue weighted by atomic mass is 9.96. The van der Waals surface area contributed by atoms with Gasteiger partial charge in [0.2, 0.25) is 0 Å². The maximum atomic E-state index is 13.1. The lowest BCUT2D eigenvalue weighted by molar-refractivity contribution is 0.162. The molecule has 0 saturated carbocycles. The number of aliphatic hydroxyl groups excluding tert-OH is 1. The Bertz CT molecular complexity index is 411. The third-order valence-electron chi connectivity index (χ3n) is 3.48. The molecule has 1 atom stereocenters. The van der Waals surface area contributed by atoms with Crippen molar-refractivity contribution in [2.75, 3.05) is 19.8 Å². The van der Waals surface area contributed by atoms with E-state index in [-0.39, 0.29) is 18.0 Å². The average molecular weight is 283 g/mol. The molecule has 0 heterocycles. The molecule has 1 rings (SSSR count). The topological polar surface area (TPSA) is 41.5 Å². The van der Waals surface area contributed by atoms with Gasteiger partial charge in [-0.15, -0.1) is 0 Å². The van der Waals surface area contributed by atoms with Crippen LogP contribution in [0.5, 0.6) is 5.75 Å². The first-order valence-corrected chi connectivity index (χ1v) is 7.25. The van der Waals surface area contributed by atoms with Gasteiger partial charge >= 0.3 is 0 Å². The van der Waals surface area contributed by atoms with Gasteiger partial charge in [0, 0.05) is 11.6 Å². The Labute approximate surface area is 121 Å². The molecular weight excluding hydrogens is 257 g/mol. The van der Waals surface area contributed by atoms with Crippen molar-refractivity contribution in [2.45, 2.75) is 45.6 Å². The van der Waals surface area contributed by atoms with E-state index in [1.807, 2.05) is 20.8 Å². The standard InChI is InChI=1S/C16H26FNO2/c1-4-18-16(3,12-19)9-5-6-10-20-15-11-14(17)8-7-13(15)2/h7-8,11,18-19H,4-6,9-10,12H2,1-3H3. The molecule has 2 N–H and O–H groups in total. The van der Waals surface area contributed by atoms with Crippen LogP contribution in [-0.2, 0) is 0 Å². The molecule has 0 radical (unpaired) electrons. The number of nitrogens with one attached hydrogen (secondary N) is 1. The second kappa shape index (κ2) is 8.22. The number of rotatable bonds is 9. The van der Waals surface area contributed by atoms with Crippen molar-refractivity contribution in [3.63, 3.8) is 0 Å². The minimum atomic E-state index is -0.273. The van der Waals surface area contributed by atoms with Gasteiger partial charge in [-0.3, -0.25) is 0 Å². The maximum absolute atomic E-state index is 13.1. The smallest absolute Gasteiger partial charge is 0.126 e. The summed E-state index contributed by atoms with van der Waals surface area (Å²) in [7, 11) is 0. The van der Waals surface area contributed by atoms with Gasteiger partial charge in [0.1, 0.15) is 11.6 Å². The predicted molar refractivity (Wildman–Crippen MR) is 79.7 cm³/mol. The van der Waals surface area contributed by atoms with Gasteiger partial charge in [-0.2, -0.15) is 0 Å². The Morgan fingerprint density at radius 1 is 1.35 bits per heavy atom. The highest BCUT2D eigenvalue weighted by Crippen LogP contribution is 2.19. The number of unbranched alkanes of at least 4 members (excludes halogenated alkanes) is 1. The monoisotopic (exact) mass is 283 g/mol. The summed E-state index contributed by atoms with van der Waals surface area (Å²) in [5, 5.41) is 12.7. The normalized spacial score (nSPS) is 14.1. The Hall–Kier alpha value is -1.13. The van der Waals surface area contributed by atoms with Crippen molar-refractivity contribution in [2.24, 2.45) is 0 Å². The van der Waals surface area contributed by atoms with Crippen molar-refractivity contribution in [3.05, 3.63) is 29.6 Å². The molecule has 0 saturated heterocycles. The number of benzene rings is 1. The van der Waals surface area contributed by atoms with E-state index in [0.717, 1.165) is 31.4 Å². The summed E-state index contributed by atoms with van der Waals surface area (Å²) < 4.78 is 18.7. The Morgan fingerprint density at radius 3 is 2.75 bits per heavy atom. The maximum Gasteiger partial charge on any atom is 0.126 e. The number of ether oxygens (including phenoxy) is 1. The second-order valence-electron chi connectivity index (χ2n) is 5.46. The van der Waals surface area contributed by atoms with Crippen LogP contribution in [-0.4, -0.2) is 30.4 Å². The molecule has 0 aliphatic carbocycles. The van der Waals surface area contributed by atoms with Gasteiger partial charge in [-0.1, -0.05) is 13.0 Å². The van der Waals surface area contributed by atoms with Crippen LogP contribution < -0.4 is 10.1 Å². The summed E-state index contributed by atoms with van der Waals surface area (Å²) in [5.74, 6) is 0.340. The average Bonchev–Trinajstić information content (AvgIpc) is 2.42. The quantitative estimate of drug-likeness (QED) is 0.684. The van der Waals surface area contributed by atoms with Crippen LogP contribution in [0.15, 0.2) is 18.2 Å². The van der Waals surface area contributed by atoms with Gasteiger partial charge in [-0.05, 0) is 51.3 Å². The van der Waals surface area contributed by atoms with Crippen LogP contribution in [0.1, 0.15) is 38.7 Å². The van der Waals surface area contributed by atoms with Gasteiger partial charge in [0.05, 0.1) is 13.2 Å². The van der Waals surface area contributed by atoms with Crippen LogP contribution in [0.3, 0.4) is 0 Å². The van der Waals surface area contributed by atoms with Gasteiger partial charge in [-0.25, -0.2) is 4.39 Å². The fourth-order valence-electron chi connectivity index (χ4n) is 2.18. The SMILES string of the molecule is CCNC(C)(CO)CCCCOc1cc(F)ccc1C. The Morgan fingerprint density at radius 2 is 2.10 bits per heavy atom. The van der Waals surface area contributed by atoms with Gasteiger partial charge in [0.15, 0.2) is 0 Å². The first-order valence-electron chi connectivity index (χ1n) is 7.25. The van der Waals surface area contributed by atoms with E-state index < -0.39 is 0 Å². The lowest BCUT2D eigenvalue weighted by Crippen LogP contribution is -2.45. The highest BCUT2D eigenvalue weighted by Gasteiger charge is 2.20. The minimum absolute atomic E-state index is 0.130. The number of likely N-dealkylation sites (N-methyl/N-ethyl adjacent to an activating group) is 1. The summed E-state index contributed by atoms with van der Waals surface area (Å²) in [5.41, 5.74) is 0.725. The lowest BCUT2D eigenvalue weighted by Gasteiger charge is -2.28. The molecule has 0 spiro atoms. The molecule has 1 unspecified atom stereocenters. The van der Waals surface area contributed by atoms with E-state index in [2.05, 4.69) is 5.32 Å². The summed E-state index contributed by atoms with van der Waals surface area (Å²) in [4.78, 5) is 0. The zero-order chi connectivity index (χ0) is 15.0. The predicted octanol–water partition coefficient (Wildman–Crippen LogP) is 3.04. The number of halogens is 1. The molecule has 20 heavy (non-hydrogen) atoms. The third kappa shape index (κ3) is 5.47. The van der Waals surface area contributed by atoms with Crippen molar-refractivity contribution in [1.82, 2.24) is 5.32 Å². The second-order valence-corrected chi connectivity index (χ2v) is 5.46. The number of aryl methyl sites for hydroxylation is 1. The van der Waals surface area contributed by atoms with Crippen molar-refractivity contribution in [3.8, 4) is 5.75 Å². The van der Waals surface area contributed by atoms with Crippen LogP contribution in [0.25, 0.3) is 0 Å². The highest BCUT2D eigenvalue weighted by atomic mass is 19.1. The molecule has 0 aliphatic rings. The van der Waals surface area contributed by atoms with E-state index in [1.54, 1.807) is 6.07 Å². The molecule has 0 amide bonds. The summed E-state index contributed by atoms with van der Waals surface area (Å²) in [6.45, 7) is 7.50. The largest absolute Gasteiger partial charge is 0.493 e. The molecule has 0 bridgehead atoms. The Kier molecular flexibility index (Phi) is 6.96. The fourth-order valence-corrected chi connectivity index (χ4v) is 2.18. The van der Waals surface area contributed by atoms with Crippen LogP contribution in [0.2, 0.25) is 0 Å². The van der Waals surface area contributed by atoms with Crippen molar-refractivity contribution >= 4 is 0 Å². The van der Waals surface area contributed by atoms with Gasteiger partial charge < -0.3 is 15.2 Å².